The van der Waals surface area contributed by atoms with Crippen LogP contribution in [0.25, 0.3) is 11.2 Å². The van der Waals surface area contributed by atoms with E-state index in [1.54, 1.807) is 10.3 Å². The van der Waals surface area contributed by atoms with Crippen molar-refractivity contribution >= 4 is 23.1 Å². The molecule has 0 unspecified atom stereocenters. The zero-order chi connectivity index (χ0) is 7.68. The van der Waals surface area contributed by atoms with Gasteiger partial charge in [0.2, 0.25) is 0 Å². The van der Waals surface area contributed by atoms with Crippen LogP contribution in [0.4, 0.5) is 0 Å². The molecule has 11 heavy (non-hydrogen) atoms. The van der Waals surface area contributed by atoms with E-state index < -0.39 is 0 Å². The lowest BCUT2D eigenvalue weighted by molar-refractivity contribution is 0.906. The van der Waals surface area contributed by atoms with Crippen molar-refractivity contribution < 1.29 is 0 Å². The molecule has 2 aromatic heterocycles. The fourth-order valence-electron chi connectivity index (χ4n) is 0.788. The quantitative estimate of drug-likeness (QED) is 0.613. The molecule has 0 spiro atoms. The number of aromatic nitrogens is 5. The molecule has 2 aromatic rings. The van der Waals surface area contributed by atoms with E-state index in [9.17, 15) is 0 Å². The predicted molar refractivity (Wildman–Crippen MR) is 42.0 cm³/mol. The molecule has 0 bridgehead atoms. The third kappa shape index (κ3) is 0.949. The highest BCUT2D eigenvalue weighted by Crippen LogP contribution is 2.08. The number of fused-ring (bicyclic) bond motifs is 1. The van der Waals surface area contributed by atoms with Crippen molar-refractivity contribution in [2.45, 2.75) is 0 Å². The summed E-state index contributed by atoms with van der Waals surface area (Å²) in [5.74, 6) is 0. The van der Waals surface area contributed by atoms with Gasteiger partial charge in [-0.2, -0.15) is 4.09 Å². The molecule has 0 saturated heterocycles. The van der Waals surface area contributed by atoms with Crippen molar-refractivity contribution in [1.29, 1.82) is 0 Å². The first kappa shape index (κ1) is 6.53. The van der Waals surface area contributed by atoms with E-state index in [-0.39, 0.29) is 0 Å². The average molecular weight is 167 g/mol. The highest BCUT2D eigenvalue weighted by Gasteiger charge is 2.02. The molecule has 56 valence electrons. The van der Waals surface area contributed by atoms with Gasteiger partial charge in [-0.3, -0.25) is 0 Å². The van der Waals surface area contributed by atoms with Gasteiger partial charge in [0.1, 0.15) is 6.33 Å². The molecule has 6 heteroatoms. The average Bonchev–Trinajstić information content (AvgIpc) is 2.47. The summed E-state index contributed by atoms with van der Waals surface area (Å²) < 4.78 is 1.65. The van der Waals surface area contributed by atoms with Crippen LogP contribution in [0.2, 0.25) is 0 Å². The summed E-state index contributed by atoms with van der Waals surface area (Å²) in [4.78, 5) is 7.84. The molecule has 2 rings (SSSR count). The van der Waals surface area contributed by atoms with E-state index in [0.717, 1.165) is 11.2 Å². The van der Waals surface area contributed by atoms with Gasteiger partial charge in [-0.1, -0.05) is 5.21 Å². The minimum atomic E-state index is 0.724. The molecule has 0 N–H and O–H groups in total. The minimum Gasteiger partial charge on any atom is -0.242 e. The summed E-state index contributed by atoms with van der Waals surface area (Å²) in [6.45, 7) is 0. The number of nitrogens with zero attached hydrogens (tertiary/aromatic N) is 5. The van der Waals surface area contributed by atoms with E-state index in [0.29, 0.717) is 0 Å². The number of hydrogen-bond acceptors (Lipinski definition) is 5. The maximum atomic E-state index is 4.02. The Morgan fingerprint density at radius 2 is 2.45 bits per heavy atom. The van der Waals surface area contributed by atoms with E-state index in [1.165, 1.54) is 18.3 Å². The lowest BCUT2D eigenvalue weighted by Crippen LogP contribution is -1.89. The molecule has 0 fully saturated rings. The van der Waals surface area contributed by atoms with Crippen molar-refractivity contribution in [3.05, 3.63) is 12.5 Å². The van der Waals surface area contributed by atoms with Crippen LogP contribution in [0.1, 0.15) is 0 Å². The Bertz CT molecular complexity index is 370. The lowest BCUT2D eigenvalue weighted by atomic mass is 10.6. The second kappa shape index (κ2) is 2.46. The van der Waals surface area contributed by atoms with Crippen LogP contribution in [0.5, 0.6) is 0 Å². The lowest BCUT2D eigenvalue weighted by Gasteiger charge is -1.90. The SMILES string of the molecule is CSn1nnc2cncnc21. The largest absolute Gasteiger partial charge is 0.242 e. The summed E-state index contributed by atoms with van der Waals surface area (Å²) in [6.07, 6.45) is 5.04. The van der Waals surface area contributed by atoms with Crippen molar-refractivity contribution in [2.75, 3.05) is 6.26 Å². The molecule has 0 radical (unpaired) electrons. The standard InChI is InChI=1S/C5H5N5S/c1-11-10-5-4(8-9-10)2-6-3-7-5/h2-3H,1H3. The first-order chi connectivity index (χ1) is 5.42. The highest BCUT2D eigenvalue weighted by molar-refractivity contribution is 7.97. The van der Waals surface area contributed by atoms with Crippen LogP contribution in [0.3, 0.4) is 0 Å². The molecule has 5 nitrogen and oxygen atoms in total. The van der Waals surface area contributed by atoms with Crippen LogP contribution >= 0.6 is 11.9 Å². The predicted octanol–water partition coefficient (Wildman–Crippen LogP) is 0.347. The van der Waals surface area contributed by atoms with Crippen LogP contribution < -0.4 is 0 Å². The highest BCUT2D eigenvalue weighted by atomic mass is 32.2. The molecule has 0 aromatic carbocycles. The Hall–Kier alpha value is -1.17. The third-order valence-corrected chi connectivity index (χ3v) is 1.85. The normalized spacial score (nSPS) is 10.6. The van der Waals surface area contributed by atoms with Gasteiger partial charge in [0.05, 0.1) is 6.20 Å². The van der Waals surface area contributed by atoms with Crippen molar-refractivity contribution in [2.24, 2.45) is 0 Å². The molecule has 0 atom stereocenters. The zero-order valence-electron chi connectivity index (χ0n) is 5.80. The van der Waals surface area contributed by atoms with Gasteiger partial charge in [0.15, 0.2) is 11.2 Å². The summed E-state index contributed by atoms with van der Waals surface area (Å²) in [7, 11) is 0. The second-order valence-electron chi connectivity index (χ2n) is 1.88. The Balaban J connectivity index is 2.76. The molecule has 0 amide bonds. The summed E-state index contributed by atoms with van der Waals surface area (Å²) >= 11 is 1.46. The Morgan fingerprint density at radius 3 is 3.27 bits per heavy atom. The fraction of sp³-hybridized carbons (Fsp3) is 0.200. The van der Waals surface area contributed by atoms with Gasteiger partial charge in [0.25, 0.3) is 0 Å². The van der Waals surface area contributed by atoms with Crippen LogP contribution in [0, 0.1) is 0 Å². The minimum absolute atomic E-state index is 0.724. The van der Waals surface area contributed by atoms with E-state index >= 15 is 0 Å². The Kier molecular flexibility index (Phi) is 1.46. The van der Waals surface area contributed by atoms with Crippen LogP contribution in [0.15, 0.2) is 12.5 Å². The van der Waals surface area contributed by atoms with Crippen molar-refractivity contribution in [3.8, 4) is 0 Å². The van der Waals surface area contributed by atoms with Gasteiger partial charge in [-0.25, -0.2) is 9.97 Å². The Morgan fingerprint density at radius 1 is 1.55 bits per heavy atom. The topological polar surface area (TPSA) is 56.5 Å². The second-order valence-corrected chi connectivity index (χ2v) is 2.59. The van der Waals surface area contributed by atoms with Gasteiger partial charge >= 0.3 is 0 Å². The third-order valence-electron chi connectivity index (χ3n) is 1.26. The summed E-state index contributed by atoms with van der Waals surface area (Å²) in [5, 5.41) is 7.70. The molecule has 0 aliphatic rings. The van der Waals surface area contributed by atoms with Crippen LogP contribution in [-0.2, 0) is 0 Å². The Labute approximate surface area is 67.0 Å². The maximum absolute atomic E-state index is 4.02. The zero-order valence-corrected chi connectivity index (χ0v) is 6.62. The summed E-state index contributed by atoms with van der Waals surface area (Å²) in [5.41, 5.74) is 1.48. The van der Waals surface area contributed by atoms with Gasteiger partial charge in [-0.05, 0) is 11.9 Å². The fourth-order valence-corrected chi connectivity index (χ4v) is 1.21. The number of hydrogen-bond donors (Lipinski definition) is 0. The van der Waals surface area contributed by atoms with Crippen molar-refractivity contribution in [3.63, 3.8) is 0 Å². The molecule has 0 saturated carbocycles. The van der Waals surface area contributed by atoms with E-state index in [1.807, 2.05) is 6.26 Å². The van der Waals surface area contributed by atoms with Gasteiger partial charge < -0.3 is 0 Å². The maximum Gasteiger partial charge on any atom is 0.193 e. The van der Waals surface area contributed by atoms with Gasteiger partial charge in [0, 0.05) is 6.26 Å². The molecular weight excluding hydrogens is 162 g/mol. The first-order valence-corrected chi connectivity index (χ1v) is 4.16. The monoisotopic (exact) mass is 167 g/mol. The molecular formula is C5H5N5S. The molecule has 0 aliphatic heterocycles. The van der Waals surface area contributed by atoms with Crippen molar-refractivity contribution in [1.82, 2.24) is 24.4 Å². The summed E-state index contributed by atoms with van der Waals surface area (Å²) in [6, 6.07) is 0. The van der Waals surface area contributed by atoms with Gasteiger partial charge in [-0.15, -0.1) is 5.10 Å². The van der Waals surface area contributed by atoms with Crippen LogP contribution in [-0.4, -0.2) is 30.6 Å². The molecule has 0 aliphatic carbocycles. The van der Waals surface area contributed by atoms with E-state index in [4.69, 9.17) is 0 Å². The van der Waals surface area contributed by atoms with E-state index in [2.05, 4.69) is 20.3 Å². The molecule has 2 heterocycles. The first-order valence-electron chi connectivity index (χ1n) is 2.97. The number of rotatable bonds is 1. The smallest absolute Gasteiger partial charge is 0.193 e.